The van der Waals surface area contributed by atoms with Crippen molar-refractivity contribution >= 4 is 17.7 Å². The number of aryl methyl sites for hydroxylation is 1. The van der Waals surface area contributed by atoms with Gasteiger partial charge in [0.25, 0.3) is 5.91 Å². The zero-order valence-corrected chi connectivity index (χ0v) is 15.3. The van der Waals surface area contributed by atoms with Crippen molar-refractivity contribution in [2.45, 2.75) is 33.6 Å². The van der Waals surface area contributed by atoms with E-state index >= 15 is 0 Å². The predicted octanol–water partition coefficient (Wildman–Crippen LogP) is 2.76. The molecule has 0 saturated heterocycles. The zero-order valence-electron chi connectivity index (χ0n) is 15.3. The standard InChI is InChI=1S/C20H24N2O4/c1-4-16-17(13(3)23)12(2)22-18(16)19(24)21-11-15(20(25)26)10-14-8-6-5-7-9-14/h5-9,15,22H,4,10-11H2,1-3H3,(H,21,24)(H,25,26). The van der Waals surface area contributed by atoms with Gasteiger partial charge in [0.05, 0.1) is 5.92 Å². The van der Waals surface area contributed by atoms with E-state index in [1.54, 1.807) is 6.92 Å². The van der Waals surface area contributed by atoms with Gasteiger partial charge < -0.3 is 15.4 Å². The summed E-state index contributed by atoms with van der Waals surface area (Å²) in [6, 6.07) is 9.30. The minimum Gasteiger partial charge on any atom is -0.481 e. The first-order chi connectivity index (χ1) is 12.3. The van der Waals surface area contributed by atoms with Gasteiger partial charge in [-0.2, -0.15) is 0 Å². The monoisotopic (exact) mass is 356 g/mol. The highest BCUT2D eigenvalue weighted by molar-refractivity contribution is 6.02. The zero-order chi connectivity index (χ0) is 19.3. The molecule has 0 spiro atoms. The maximum atomic E-state index is 12.5. The fourth-order valence-corrected chi connectivity index (χ4v) is 3.15. The molecule has 0 bridgehead atoms. The van der Waals surface area contributed by atoms with Crippen LogP contribution in [0.5, 0.6) is 0 Å². The number of H-pyrrole nitrogens is 1. The number of carboxylic acid groups (broad SMARTS) is 1. The highest BCUT2D eigenvalue weighted by Crippen LogP contribution is 2.20. The van der Waals surface area contributed by atoms with Crippen molar-refractivity contribution in [1.29, 1.82) is 0 Å². The van der Waals surface area contributed by atoms with E-state index in [0.717, 1.165) is 5.56 Å². The summed E-state index contributed by atoms with van der Waals surface area (Å²) in [6.07, 6.45) is 0.869. The number of Topliss-reactive ketones (excluding diaryl/α,β-unsaturated/α-hetero) is 1. The number of ketones is 1. The number of carboxylic acids is 1. The largest absolute Gasteiger partial charge is 0.481 e. The van der Waals surface area contributed by atoms with Crippen molar-refractivity contribution in [3.05, 3.63) is 58.4 Å². The second kappa shape index (κ2) is 8.47. The van der Waals surface area contributed by atoms with Gasteiger partial charge in [-0.3, -0.25) is 14.4 Å². The number of nitrogens with one attached hydrogen (secondary N) is 2. The smallest absolute Gasteiger partial charge is 0.308 e. The highest BCUT2D eigenvalue weighted by atomic mass is 16.4. The first kappa shape index (κ1) is 19.4. The molecule has 138 valence electrons. The molecule has 0 aliphatic carbocycles. The minimum atomic E-state index is -0.961. The number of aromatic amines is 1. The Balaban J connectivity index is 2.12. The first-order valence-electron chi connectivity index (χ1n) is 8.62. The molecular formula is C20H24N2O4. The summed E-state index contributed by atoms with van der Waals surface area (Å²) in [5, 5.41) is 12.1. The van der Waals surface area contributed by atoms with Gasteiger partial charge in [-0.05, 0) is 37.8 Å². The van der Waals surface area contributed by atoms with E-state index in [1.807, 2.05) is 37.3 Å². The number of amides is 1. The van der Waals surface area contributed by atoms with Crippen molar-refractivity contribution in [3.8, 4) is 0 Å². The van der Waals surface area contributed by atoms with Crippen LogP contribution in [0.3, 0.4) is 0 Å². The molecule has 1 aromatic heterocycles. The van der Waals surface area contributed by atoms with Crippen LogP contribution >= 0.6 is 0 Å². The van der Waals surface area contributed by atoms with Crippen LogP contribution < -0.4 is 5.32 Å². The van der Waals surface area contributed by atoms with E-state index in [2.05, 4.69) is 10.3 Å². The van der Waals surface area contributed by atoms with Crippen molar-refractivity contribution in [1.82, 2.24) is 10.3 Å². The SMILES string of the molecule is CCc1c(C(=O)NCC(Cc2ccccc2)C(=O)O)[nH]c(C)c1C(C)=O. The fraction of sp³-hybridized carbons (Fsp3) is 0.350. The molecule has 2 aromatic rings. The van der Waals surface area contributed by atoms with Crippen molar-refractivity contribution in [2.24, 2.45) is 5.92 Å². The third-order valence-corrected chi connectivity index (χ3v) is 4.41. The predicted molar refractivity (Wildman–Crippen MR) is 98.5 cm³/mol. The van der Waals surface area contributed by atoms with E-state index in [-0.39, 0.29) is 12.3 Å². The summed E-state index contributed by atoms with van der Waals surface area (Å²) in [5.41, 5.74) is 3.09. The molecule has 0 radical (unpaired) electrons. The van der Waals surface area contributed by atoms with Crippen molar-refractivity contribution in [2.75, 3.05) is 6.54 Å². The van der Waals surface area contributed by atoms with Gasteiger partial charge in [0.15, 0.2) is 5.78 Å². The number of aromatic nitrogens is 1. The van der Waals surface area contributed by atoms with Crippen LogP contribution in [0, 0.1) is 12.8 Å². The molecule has 1 atom stereocenters. The molecule has 26 heavy (non-hydrogen) atoms. The molecule has 2 rings (SSSR count). The molecule has 1 unspecified atom stereocenters. The number of hydrogen-bond acceptors (Lipinski definition) is 3. The summed E-state index contributed by atoms with van der Waals surface area (Å²) in [7, 11) is 0. The van der Waals surface area contributed by atoms with E-state index in [1.165, 1.54) is 6.92 Å². The van der Waals surface area contributed by atoms with Gasteiger partial charge in [-0.15, -0.1) is 0 Å². The van der Waals surface area contributed by atoms with Gasteiger partial charge in [0.2, 0.25) is 0 Å². The van der Waals surface area contributed by atoms with Crippen LogP contribution in [0.1, 0.15) is 51.5 Å². The average molecular weight is 356 g/mol. The molecule has 1 amide bonds. The second-order valence-corrected chi connectivity index (χ2v) is 6.32. The van der Waals surface area contributed by atoms with Crippen LogP contribution in [-0.2, 0) is 17.6 Å². The Hall–Kier alpha value is -2.89. The molecular weight excluding hydrogens is 332 g/mol. The summed E-state index contributed by atoms with van der Waals surface area (Å²) in [5.74, 6) is -2.18. The third kappa shape index (κ3) is 4.39. The lowest BCUT2D eigenvalue weighted by molar-refractivity contribution is -0.141. The molecule has 3 N–H and O–H groups in total. The maximum absolute atomic E-state index is 12.5. The minimum absolute atomic E-state index is 0.0136. The van der Waals surface area contributed by atoms with Crippen LogP contribution in [0.15, 0.2) is 30.3 Å². The molecule has 0 saturated carbocycles. The Kier molecular flexibility index (Phi) is 6.33. The lowest BCUT2D eigenvalue weighted by Crippen LogP contribution is -2.34. The molecule has 0 aliphatic heterocycles. The Morgan fingerprint density at radius 1 is 1.19 bits per heavy atom. The molecule has 1 aromatic carbocycles. The number of benzene rings is 1. The van der Waals surface area contributed by atoms with E-state index in [4.69, 9.17) is 0 Å². The second-order valence-electron chi connectivity index (χ2n) is 6.32. The Bertz CT molecular complexity index is 809. The van der Waals surface area contributed by atoms with Gasteiger partial charge in [-0.25, -0.2) is 0 Å². The van der Waals surface area contributed by atoms with Gasteiger partial charge in [0.1, 0.15) is 5.69 Å². The lowest BCUT2D eigenvalue weighted by atomic mass is 9.99. The van der Waals surface area contributed by atoms with E-state index in [9.17, 15) is 19.5 Å². The number of carbonyl (C=O) groups excluding carboxylic acids is 2. The number of carbonyl (C=O) groups is 3. The fourth-order valence-electron chi connectivity index (χ4n) is 3.15. The summed E-state index contributed by atoms with van der Waals surface area (Å²) in [6.45, 7) is 5.11. The quantitative estimate of drug-likeness (QED) is 0.633. The van der Waals surface area contributed by atoms with Gasteiger partial charge >= 0.3 is 5.97 Å². The van der Waals surface area contributed by atoms with Crippen LogP contribution in [-0.4, -0.2) is 34.3 Å². The molecule has 6 nitrogen and oxygen atoms in total. The van der Waals surface area contributed by atoms with Crippen LogP contribution in [0.25, 0.3) is 0 Å². The Labute approximate surface area is 152 Å². The third-order valence-electron chi connectivity index (χ3n) is 4.41. The van der Waals surface area contributed by atoms with E-state index in [0.29, 0.717) is 35.4 Å². The first-order valence-corrected chi connectivity index (χ1v) is 8.62. The molecule has 0 aliphatic rings. The lowest BCUT2D eigenvalue weighted by Gasteiger charge is -2.14. The topological polar surface area (TPSA) is 99.3 Å². The average Bonchev–Trinajstić information content (AvgIpc) is 2.95. The van der Waals surface area contributed by atoms with Crippen LogP contribution in [0.2, 0.25) is 0 Å². The molecule has 1 heterocycles. The molecule has 6 heteroatoms. The van der Waals surface area contributed by atoms with E-state index < -0.39 is 17.8 Å². The summed E-state index contributed by atoms with van der Waals surface area (Å²) >= 11 is 0. The number of rotatable bonds is 8. The highest BCUT2D eigenvalue weighted by Gasteiger charge is 2.24. The Morgan fingerprint density at radius 2 is 1.85 bits per heavy atom. The number of hydrogen-bond donors (Lipinski definition) is 3. The van der Waals surface area contributed by atoms with Crippen molar-refractivity contribution < 1.29 is 19.5 Å². The number of aliphatic carboxylic acids is 1. The van der Waals surface area contributed by atoms with Gasteiger partial charge in [0, 0.05) is 17.8 Å². The Morgan fingerprint density at radius 3 is 2.38 bits per heavy atom. The van der Waals surface area contributed by atoms with Crippen molar-refractivity contribution in [3.63, 3.8) is 0 Å². The normalized spacial score (nSPS) is 11.8. The summed E-state index contributed by atoms with van der Waals surface area (Å²) in [4.78, 5) is 38.8. The summed E-state index contributed by atoms with van der Waals surface area (Å²) < 4.78 is 0. The van der Waals surface area contributed by atoms with Crippen LogP contribution in [0.4, 0.5) is 0 Å². The maximum Gasteiger partial charge on any atom is 0.308 e. The molecule has 0 fully saturated rings. The van der Waals surface area contributed by atoms with Gasteiger partial charge in [-0.1, -0.05) is 37.3 Å².